The van der Waals surface area contributed by atoms with Crippen LogP contribution in [0.1, 0.15) is 35.4 Å². The van der Waals surface area contributed by atoms with Crippen LogP contribution in [0.4, 0.5) is 0 Å². The summed E-state index contributed by atoms with van der Waals surface area (Å²) in [6, 6.07) is 16.8. The van der Waals surface area contributed by atoms with E-state index in [1.165, 1.54) is 16.7 Å². The van der Waals surface area contributed by atoms with Crippen LogP contribution in [0.25, 0.3) is 0 Å². The van der Waals surface area contributed by atoms with Gasteiger partial charge in [0.25, 0.3) is 0 Å². The van der Waals surface area contributed by atoms with Crippen molar-refractivity contribution in [2.75, 3.05) is 13.7 Å². The first-order valence-electron chi connectivity index (χ1n) is 7.07. The third kappa shape index (κ3) is 3.02. The van der Waals surface area contributed by atoms with Gasteiger partial charge in [-0.3, -0.25) is 0 Å². The maximum atomic E-state index is 6.06. The summed E-state index contributed by atoms with van der Waals surface area (Å²) in [6.07, 6.45) is 0. The second kappa shape index (κ2) is 6.58. The van der Waals surface area contributed by atoms with Crippen molar-refractivity contribution in [1.29, 1.82) is 0 Å². The molecule has 106 valence electrons. The molecule has 0 aliphatic heterocycles. The van der Waals surface area contributed by atoms with E-state index in [1.807, 2.05) is 12.1 Å². The van der Waals surface area contributed by atoms with Gasteiger partial charge < -0.3 is 10.5 Å². The van der Waals surface area contributed by atoms with Crippen molar-refractivity contribution in [2.24, 2.45) is 5.73 Å². The van der Waals surface area contributed by atoms with E-state index in [0.717, 1.165) is 5.75 Å². The molecule has 2 nitrogen and oxygen atoms in total. The maximum absolute atomic E-state index is 6.06. The van der Waals surface area contributed by atoms with E-state index in [4.69, 9.17) is 10.5 Å². The summed E-state index contributed by atoms with van der Waals surface area (Å²) in [5, 5.41) is 0. The highest BCUT2D eigenvalue weighted by Gasteiger charge is 2.22. The largest absolute Gasteiger partial charge is 0.496 e. The molecule has 2 atom stereocenters. The third-order valence-electron chi connectivity index (χ3n) is 3.97. The predicted molar refractivity (Wildman–Crippen MR) is 84.4 cm³/mol. The summed E-state index contributed by atoms with van der Waals surface area (Å²) < 4.78 is 5.51. The van der Waals surface area contributed by atoms with E-state index >= 15 is 0 Å². The van der Waals surface area contributed by atoms with Crippen LogP contribution in [-0.2, 0) is 0 Å². The van der Waals surface area contributed by atoms with Gasteiger partial charge in [-0.2, -0.15) is 0 Å². The smallest absolute Gasteiger partial charge is 0.122 e. The molecule has 0 amide bonds. The Morgan fingerprint density at radius 2 is 1.80 bits per heavy atom. The number of hydrogen-bond acceptors (Lipinski definition) is 2. The number of aryl methyl sites for hydroxylation is 1. The van der Waals surface area contributed by atoms with Crippen LogP contribution in [0.5, 0.6) is 5.75 Å². The van der Waals surface area contributed by atoms with Gasteiger partial charge in [-0.05, 0) is 36.6 Å². The zero-order valence-corrected chi connectivity index (χ0v) is 12.5. The van der Waals surface area contributed by atoms with Gasteiger partial charge >= 0.3 is 0 Å². The molecule has 2 aromatic carbocycles. The lowest BCUT2D eigenvalue weighted by Crippen LogP contribution is -2.19. The monoisotopic (exact) mass is 269 g/mol. The quantitative estimate of drug-likeness (QED) is 0.894. The van der Waals surface area contributed by atoms with Gasteiger partial charge in [-0.1, -0.05) is 55.0 Å². The Bertz CT molecular complexity index is 551. The fraction of sp³-hybridized carbons (Fsp3) is 0.333. The van der Waals surface area contributed by atoms with Gasteiger partial charge in [0.05, 0.1) is 7.11 Å². The molecule has 0 saturated carbocycles. The van der Waals surface area contributed by atoms with Crippen LogP contribution < -0.4 is 10.5 Å². The number of ether oxygens (including phenoxy) is 1. The van der Waals surface area contributed by atoms with Crippen molar-refractivity contribution in [3.05, 3.63) is 65.2 Å². The first kappa shape index (κ1) is 14.6. The molecule has 0 aliphatic carbocycles. The second-order valence-electron chi connectivity index (χ2n) is 5.29. The number of methoxy groups -OCH3 is 1. The van der Waals surface area contributed by atoms with Gasteiger partial charge in [0.2, 0.25) is 0 Å². The Labute approximate surface area is 121 Å². The molecule has 0 spiro atoms. The molecule has 2 heteroatoms. The highest BCUT2D eigenvalue weighted by atomic mass is 16.5. The molecule has 2 unspecified atom stereocenters. The molecule has 20 heavy (non-hydrogen) atoms. The fourth-order valence-corrected chi connectivity index (χ4v) is 2.73. The van der Waals surface area contributed by atoms with Crippen molar-refractivity contribution in [3.63, 3.8) is 0 Å². The van der Waals surface area contributed by atoms with Crippen LogP contribution >= 0.6 is 0 Å². The first-order valence-corrected chi connectivity index (χ1v) is 7.07. The second-order valence-corrected chi connectivity index (χ2v) is 5.29. The minimum absolute atomic E-state index is 0.257. The molecule has 0 radical (unpaired) electrons. The SMILES string of the molecule is COc1ccc(C)cc1C(CN)C(C)c1ccccc1. The van der Waals surface area contributed by atoms with Crippen LogP contribution in [0.15, 0.2) is 48.5 Å². The summed E-state index contributed by atoms with van der Waals surface area (Å²) in [7, 11) is 1.72. The van der Waals surface area contributed by atoms with E-state index in [1.54, 1.807) is 7.11 Å². The average Bonchev–Trinajstić information content (AvgIpc) is 2.49. The van der Waals surface area contributed by atoms with E-state index in [9.17, 15) is 0 Å². The van der Waals surface area contributed by atoms with Gasteiger partial charge in [0.15, 0.2) is 0 Å². The van der Waals surface area contributed by atoms with Crippen LogP contribution in [0.2, 0.25) is 0 Å². The normalized spacial score (nSPS) is 13.8. The molecule has 0 saturated heterocycles. The van der Waals surface area contributed by atoms with Gasteiger partial charge in [0, 0.05) is 5.92 Å². The molecule has 0 fully saturated rings. The summed E-state index contributed by atoms with van der Waals surface area (Å²) in [6.45, 7) is 4.94. The minimum Gasteiger partial charge on any atom is -0.496 e. The Kier molecular flexibility index (Phi) is 4.80. The van der Waals surface area contributed by atoms with Crippen molar-refractivity contribution in [1.82, 2.24) is 0 Å². The van der Waals surface area contributed by atoms with E-state index < -0.39 is 0 Å². The van der Waals surface area contributed by atoms with Crippen LogP contribution in [-0.4, -0.2) is 13.7 Å². The Morgan fingerprint density at radius 1 is 1.10 bits per heavy atom. The minimum atomic E-state index is 0.257. The summed E-state index contributed by atoms with van der Waals surface area (Å²) in [4.78, 5) is 0. The van der Waals surface area contributed by atoms with E-state index in [-0.39, 0.29) is 5.92 Å². The summed E-state index contributed by atoms with van der Waals surface area (Å²) >= 11 is 0. The van der Waals surface area contributed by atoms with Gasteiger partial charge in [-0.25, -0.2) is 0 Å². The lowest BCUT2D eigenvalue weighted by Gasteiger charge is -2.25. The lowest BCUT2D eigenvalue weighted by molar-refractivity contribution is 0.401. The van der Waals surface area contributed by atoms with E-state index in [2.05, 4.69) is 50.2 Å². The molecule has 2 N–H and O–H groups in total. The average molecular weight is 269 g/mol. The summed E-state index contributed by atoms with van der Waals surface area (Å²) in [5.41, 5.74) is 9.81. The van der Waals surface area contributed by atoms with Crippen molar-refractivity contribution in [3.8, 4) is 5.75 Å². The zero-order valence-electron chi connectivity index (χ0n) is 12.5. The van der Waals surface area contributed by atoms with Crippen molar-refractivity contribution < 1.29 is 4.74 Å². The van der Waals surface area contributed by atoms with Gasteiger partial charge in [-0.15, -0.1) is 0 Å². The maximum Gasteiger partial charge on any atom is 0.122 e. The summed E-state index contributed by atoms with van der Waals surface area (Å²) in [5.74, 6) is 1.54. The van der Waals surface area contributed by atoms with Crippen LogP contribution in [0.3, 0.4) is 0 Å². The molecule has 0 heterocycles. The molecular weight excluding hydrogens is 246 g/mol. The molecule has 2 rings (SSSR count). The molecular formula is C18H23NO. The third-order valence-corrected chi connectivity index (χ3v) is 3.97. The number of benzene rings is 2. The first-order chi connectivity index (χ1) is 9.67. The van der Waals surface area contributed by atoms with Crippen molar-refractivity contribution in [2.45, 2.75) is 25.7 Å². The highest BCUT2D eigenvalue weighted by molar-refractivity contribution is 5.41. The number of rotatable bonds is 5. The zero-order chi connectivity index (χ0) is 14.5. The Morgan fingerprint density at radius 3 is 2.40 bits per heavy atom. The molecule has 0 bridgehead atoms. The topological polar surface area (TPSA) is 35.2 Å². The fourth-order valence-electron chi connectivity index (χ4n) is 2.73. The molecule has 0 aliphatic rings. The Balaban J connectivity index is 2.40. The number of hydrogen-bond donors (Lipinski definition) is 1. The van der Waals surface area contributed by atoms with Gasteiger partial charge in [0.1, 0.15) is 5.75 Å². The van der Waals surface area contributed by atoms with E-state index in [0.29, 0.717) is 12.5 Å². The molecule has 2 aromatic rings. The predicted octanol–water partition coefficient (Wildman–Crippen LogP) is 3.85. The van der Waals surface area contributed by atoms with Crippen LogP contribution in [0, 0.1) is 6.92 Å². The number of nitrogens with two attached hydrogens (primary N) is 1. The highest BCUT2D eigenvalue weighted by Crippen LogP contribution is 2.37. The molecule has 0 aromatic heterocycles. The standard InChI is InChI=1S/C18H23NO/c1-13-9-10-18(20-3)16(11-13)17(12-19)14(2)15-7-5-4-6-8-15/h4-11,14,17H,12,19H2,1-3H3. The Hall–Kier alpha value is -1.80. The lowest BCUT2D eigenvalue weighted by atomic mass is 9.82. The van der Waals surface area contributed by atoms with Crippen molar-refractivity contribution >= 4 is 0 Å².